The van der Waals surface area contributed by atoms with Crippen molar-refractivity contribution in [3.8, 4) is 0 Å². The quantitative estimate of drug-likeness (QED) is 0.868. The highest BCUT2D eigenvalue weighted by atomic mass is 16.5. The van der Waals surface area contributed by atoms with E-state index in [4.69, 9.17) is 4.74 Å². The van der Waals surface area contributed by atoms with Gasteiger partial charge in [0.15, 0.2) is 0 Å². The Morgan fingerprint density at radius 1 is 1.39 bits per heavy atom. The smallest absolute Gasteiger partial charge is 0.313 e. The van der Waals surface area contributed by atoms with E-state index in [1.165, 1.54) is 0 Å². The number of carbonyl (C=O) groups is 2. The number of amides is 1. The molecular formula is C17H22N2O4. The summed E-state index contributed by atoms with van der Waals surface area (Å²) in [5.41, 5.74) is 0.460. The van der Waals surface area contributed by atoms with Crippen LogP contribution in [0.3, 0.4) is 0 Å². The third kappa shape index (κ3) is 2.52. The number of piperidine rings is 1. The molecule has 6 nitrogen and oxygen atoms in total. The molecule has 2 aliphatic rings. The fourth-order valence-electron chi connectivity index (χ4n) is 4.02. The van der Waals surface area contributed by atoms with E-state index >= 15 is 0 Å². The number of nitrogens with one attached hydrogen (secondary N) is 1. The summed E-state index contributed by atoms with van der Waals surface area (Å²) in [6, 6.07) is 7.09. The minimum absolute atomic E-state index is 0.0861. The maximum atomic E-state index is 13.0. The van der Waals surface area contributed by atoms with Crippen LogP contribution in [0.25, 0.3) is 0 Å². The monoisotopic (exact) mass is 318 g/mol. The number of benzene rings is 1. The van der Waals surface area contributed by atoms with Crippen molar-refractivity contribution in [2.45, 2.75) is 24.3 Å². The number of hydrogen-bond donors (Lipinski definition) is 2. The Labute approximate surface area is 135 Å². The maximum Gasteiger partial charge on any atom is 0.313 e. The van der Waals surface area contributed by atoms with Crippen LogP contribution in [0.1, 0.15) is 34.7 Å². The first-order valence-corrected chi connectivity index (χ1v) is 7.95. The van der Waals surface area contributed by atoms with Crippen LogP contribution >= 0.6 is 0 Å². The van der Waals surface area contributed by atoms with Gasteiger partial charge in [-0.05, 0) is 37.6 Å². The summed E-state index contributed by atoms with van der Waals surface area (Å²) in [6.07, 6.45) is 1.27. The molecule has 1 saturated heterocycles. The van der Waals surface area contributed by atoms with Crippen molar-refractivity contribution in [3.63, 3.8) is 0 Å². The van der Waals surface area contributed by atoms with E-state index in [0.717, 1.165) is 0 Å². The maximum absolute atomic E-state index is 13.0. The molecule has 0 bridgehead atoms. The van der Waals surface area contributed by atoms with E-state index in [9.17, 15) is 14.7 Å². The van der Waals surface area contributed by atoms with E-state index in [-0.39, 0.29) is 5.91 Å². The fourth-order valence-corrected chi connectivity index (χ4v) is 4.02. The molecule has 0 saturated carbocycles. The van der Waals surface area contributed by atoms with Crippen molar-refractivity contribution >= 4 is 11.9 Å². The fraction of sp³-hybridized carbons (Fsp3) is 0.529. The van der Waals surface area contributed by atoms with Crippen LogP contribution < -0.4 is 5.32 Å². The molecule has 1 aromatic rings. The van der Waals surface area contributed by atoms with Crippen molar-refractivity contribution in [3.05, 3.63) is 35.4 Å². The SMILES string of the molecule is COCCN1C(=O)c2ccccc2C(C(=O)O)C12CCNCC2. The summed E-state index contributed by atoms with van der Waals surface area (Å²) < 4.78 is 5.15. The Kier molecular flexibility index (Phi) is 4.37. The molecule has 2 heterocycles. The predicted molar refractivity (Wildman–Crippen MR) is 84.6 cm³/mol. The van der Waals surface area contributed by atoms with Gasteiger partial charge < -0.3 is 20.1 Å². The zero-order valence-corrected chi connectivity index (χ0v) is 13.2. The molecule has 1 fully saturated rings. The normalized spacial score (nSPS) is 22.9. The largest absolute Gasteiger partial charge is 0.481 e. The van der Waals surface area contributed by atoms with Gasteiger partial charge in [-0.2, -0.15) is 0 Å². The minimum Gasteiger partial charge on any atom is -0.481 e. The summed E-state index contributed by atoms with van der Waals surface area (Å²) in [5.74, 6) is -1.65. The standard InChI is InChI=1S/C17H22N2O4/c1-23-11-10-19-15(20)13-5-3-2-4-12(13)14(16(21)22)17(19)6-8-18-9-7-17/h2-5,14,18H,6-11H2,1H3,(H,21,22). The number of fused-ring (bicyclic) bond motifs is 1. The second-order valence-corrected chi connectivity index (χ2v) is 6.16. The van der Waals surface area contributed by atoms with Crippen molar-refractivity contribution in [1.29, 1.82) is 0 Å². The van der Waals surface area contributed by atoms with Crippen LogP contribution in [0.2, 0.25) is 0 Å². The van der Waals surface area contributed by atoms with Gasteiger partial charge in [0.25, 0.3) is 5.91 Å². The number of methoxy groups -OCH3 is 1. The number of carboxylic acid groups (broad SMARTS) is 1. The molecule has 1 spiro atoms. The summed E-state index contributed by atoms with van der Waals surface area (Å²) in [7, 11) is 1.59. The van der Waals surface area contributed by atoms with Crippen LogP contribution in [0.15, 0.2) is 24.3 Å². The summed E-state index contributed by atoms with van der Waals surface area (Å²) >= 11 is 0. The first kappa shape index (κ1) is 16.0. The topological polar surface area (TPSA) is 78.9 Å². The van der Waals surface area contributed by atoms with E-state index in [1.807, 2.05) is 6.07 Å². The van der Waals surface area contributed by atoms with Gasteiger partial charge in [-0.3, -0.25) is 9.59 Å². The first-order valence-electron chi connectivity index (χ1n) is 7.95. The first-order chi connectivity index (χ1) is 11.1. The second-order valence-electron chi connectivity index (χ2n) is 6.16. The Hall–Kier alpha value is -1.92. The van der Waals surface area contributed by atoms with Crippen molar-refractivity contribution in [1.82, 2.24) is 10.2 Å². The van der Waals surface area contributed by atoms with Gasteiger partial charge in [0.1, 0.15) is 5.92 Å². The van der Waals surface area contributed by atoms with Crippen LogP contribution in [0.5, 0.6) is 0 Å². The predicted octanol–water partition coefficient (Wildman–Crippen LogP) is 1.08. The summed E-state index contributed by atoms with van der Waals surface area (Å²) in [5, 5.41) is 13.2. The Morgan fingerprint density at radius 3 is 2.74 bits per heavy atom. The van der Waals surface area contributed by atoms with Gasteiger partial charge in [0.05, 0.1) is 12.1 Å². The van der Waals surface area contributed by atoms with Crippen LogP contribution in [0, 0.1) is 0 Å². The van der Waals surface area contributed by atoms with Gasteiger partial charge in [-0.15, -0.1) is 0 Å². The number of nitrogens with zero attached hydrogens (tertiary/aromatic N) is 1. The van der Waals surface area contributed by atoms with E-state index in [0.29, 0.717) is 50.2 Å². The molecule has 1 aromatic carbocycles. The van der Waals surface area contributed by atoms with Crippen molar-refractivity contribution in [2.75, 3.05) is 33.4 Å². The Morgan fingerprint density at radius 2 is 2.09 bits per heavy atom. The van der Waals surface area contributed by atoms with Gasteiger partial charge in [0.2, 0.25) is 0 Å². The lowest BCUT2D eigenvalue weighted by Gasteiger charge is -2.53. The van der Waals surface area contributed by atoms with Crippen molar-refractivity contribution in [2.24, 2.45) is 0 Å². The average molecular weight is 318 g/mol. The number of aliphatic carboxylic acids is 1. The highest BCUT2D eigenvalue weighted by Gasteiger charge is 2.54. The molecule has 1 unspecified atom stereocenters. The molecule has 6 heteroatoms. The lowest BCUT2D eigenvalue weighted by molar-refractivity contribution is -0.144. The summed E-state index contributed by atoms with van der Waals surface area (Å²) in [4.78, 5) is 26.9. The zero-order valence-electron chi connectivity index (χ0n) is 13.2. The molecule has 1 amide bonds. The number of hydrogen-bond acceptors (Lipinski definition) is 4. The second kappa shape index (κ2) is 6.29. The van der Waals surface area contributed by atoms with Crippen molar-refractivity contribution < 1.29 is 19.4 Å². The molecule has 0 aliphatic carbocycles. The Balaban J connectivity index is 2.15. The zero-order chi connectivity index (χ0) is 16.4. The minimum atomic E-state index is -0.866. The average Bonchev–Trinajstić information content (AvgIpc) is 2.55. The lowest BCUT2D eigenvalue weighted by Crippen LogP contribution is -2.64. The molecule has 23 heavy (non-hydrogen) atoms. The van der Waals surface area contributed by atoms with Crippen LogP contribution in [-0.4, -0.2) is 60.8 Å². The highest BCUT2D eigenvalue weighted by molar-refractivity contribution is 6.01. The van der Waals surface area contributed by atoms with E-state index in [2.05, 4.69) is 5.32 Å². The number of rotatable bonds is 4. The molecule has 124 valence electrons. The van der Waals surface area contributed by atoms with E-state index < -0.39 is 17.4 Å². The molecule has 0 aromatic heterocycles. The van der Waals surface area contributed by atoms with Crippen LogP contribution in [0.4, 0.5) is 0 Å². The molecule has 1 atom stereocenters. The number of carbonyl (C=O) groups excluding carboxylic acids is 1. The number of ether oxygens (including phenoxy) is 1. The molecule has 3 rings (SSSR count). The van der Waals surface area contributed by atoms with E-state index in [1.54, 1.807) is 30.2 Å². The van der Waals surface area contributed by atoms with Gasteiger partial charge in [-0.25, -0.2) is 0 Å². The number of carboxylic acids is 1. The van der Waals surface area contributed by atoms with Gasteiger partial charge in [0, 0.05) is 19.2 Å². The lowest BCUT2D eigenvalue weighted by atomic mass is 9.68. The third-order valence-corrected chi connectivity index (χ3v) is 5.06. The van der Waals surface area contributed by atoms with Crippen LogP contribution in [-0.2, 0) is 9.53 Å². The van der Waals surface area contributed by atoms with Gasteiger partial charge >= 0.3 is 5.97 Å². The Bertz CT molecular complexity index is 610. The molecule has 2 N–H and O–H groups in total. The molecule has 2 aliphatic heterocycles. The summed E-state index contributed by atoms with van der Waals surface area (Å²) in [6.45, 7) is 2.23. The molecule has 0 radical (unpaired) electrons. The highest BCUT2D eigenvalue weighted by Crippen LogP contribution is 2.46. The molecular weight excluding hydrogens is 296 g/mol. The van der Waals surface area contributed by atoms with Gasteiger partial charge in [-0.1, -0.05) is 18.2 Å². The third-order valence-electron chi connectivity index (χ3n) is 5.06.